The van der Waals surface area contributed by atoms with Gasteiger partial charge >= 0.3 is 0 Å². The molecule has 0 aliphatic heterocycles. The van der Waals surface area contributed by atoms with Crippen molar-refractivity contribution < 1.29 is 9.59 Å². The summed E-state index contributed by atoms with van der Waals surface area (Å²) in [6.07, 6.45) is 0. The van der Waals surface area contributed by atoms with E-state index in [0.29, 0.717) is 5.56 Å². The Morgan fingerprint density at radius 3 is 2.14 bits per heavy atom. The third-order valence-corrected chi connectivity index (χ3v) is 3.62. The van der Waals surface area contributed by atoms with Gasteiger partial charge in [0.15, 0.2) is 5.78 Å². The molecule has 1 N–H and O–H groups in total. The van der Waals surface area contributed by atoms with Gasteiger partial charge in [0, 0.05) is 11.1 Å². The number of para-hydroxylation sites is 1. The molecule has 0 aliphatic rings. The maximum Gasteiger partial charge on any atom is 0.276 e. The van der Waals surface area contributed by atoms with Gasteiger partial charge in [-0.2, -0.15) is 0 Å². The number of rotatable bonds is 3. The highest BCUT2D eigenvalue weighted by Gasteiger charge is 2.32. The minimum atomic E-state index is -2.16. The van der Waals surface area contributed by atoms with Gasteiger partial charge in [-0.15, -0.1) is 0 Å². The molecule has 0 radical (unpaired) electrons. The quantitative estimate of drug-likeness (QED) is 0.612. The fourth-order valence-corrected chi connectivity index (χ4v) is 2.13. The maximum absolute atomic E-state index is 12.5. The van der Waals surface area contributed by atoms with Crippen LogP contribution in [0.25, 0.3) is 0 Å². The van der Waals surface area contributed by atoms with Crippen molar-refractivity contribution in [3.8, 4) is 0 Å². The Labute approximate surface area is 147 Å². The van der Waals surface area contributed by atoms with Crippen molar-refractivity contribution in [2.45, 2.75) is 3.79 Å². The Hall–Kier alpha value is -1.26. The Balaban J connectivity index is 2.43. The van der Waals surface area contributed by atoms with Crippen molar-refractivity contribution >= 4 is 63.8 Å². The number of hydrogen-bond acceptors (Lipinski definition) is 2. The molecule has 2 aromatic carbocycles. The van der Waals surface area contributed by atoms with E-state index >= 15 is 0 Å². The second-order valence-corrected chi connectivity index (χ2v) is 7.00. The van der Waals surface area contributed by atoms with E-state index in [2.05, 4.69) is 5.32 Å². The van der Waals surface area contributed by atoms with Gasteiger partial charge in [0.2, 0.25) is 0 Å². The van der Waals surface area contributed by atoms with Crippen LogP contribution in [0.2, 0.25) is 5.02 Å². The molecule has 0 unspecified atom stereocenters. The number of nitrogens with one attached hydrogen (secondary N) is 1. The van der Waals surface area contributed by atoms with E-state index in [1.165, 1.54) is 12.1 Å². The molecule has 2 aromatic rings. The maximum atomic E-state index is 12.5. The molecule has 114 valence electrons. The van der Waals surface area contributed by atoms with E-state index in [1.807, 2.05) is 0 Å². The Bertz CT molecular complexity index is 711. The molecule has 0 heterocycles. The summed E-state index contributed by atoms with van der Waals surface area (Å²) in [4.78, 5) is 24.4. The topological polar surface area (TPSA) is 46.2 Å². The number of benzene rings is 2. The largest absolute Gasteiger partial charge is 0.320 e. The van der Waals surface area contributed by atoms with Crippen LogP contribution >= 0.6 is 46.4 Å². The summed E-state index contributed by atoms with van der Waals surface area (Å²) in [5.74, 6) is -1.20. The predicted octanol–water partition coefficient (Wildman–Crippen LogP) is 4.88. The SMILES string of the molecule is O=C(c1ccccc1)c1cccc(Cl)c1NC(=O)C(Cl)(Cl)Cl. The van der Waals surface area contributed by atoms with Crippen LogP contribution in [-0.4, -0.2) is 15.5 Å². The number of amides is 1. The molecule has 22 heavy (non-hydrogen) atoms. The molecule has 0 aliphatic carbocycles. The monoisotopic (exact) mass is 375 g/mol. The van der Waals surface area contributed by atoms with Gasteiger partial charge in [0.25, 0.3) is 9.70 Å². The summed E-state index contributed by atoms with van der Waals surface area (Å²) < 4.78 is -2.16. The van der Waals surface area contributed by atoms with E-state index in [4.69, 9.17) is 46.4 Å². The average molecular weight is 377 g/mol. The summed E-state index contributed by atoms with van der Waals surface area (Å²) in [7, 11) is 0. The zero-order valence-corrected chi connectivity index (χ0v) is 14.0. The van der Waals surface area contributed by atoms with Gasteiger partial charge in [-0.3, -0.25) is 9.59 Å². The third-order valence-electron chi connectivity index (χ3n) is 2.79. The van der Waals surface area contributed by atoms with E-state index < -0.39 is 9.70 Å². The lowest BCUT2D eigenvalue weighted by molar-refractivity contribution is -0.115. The van der Waals surface area contributed by atoms with Crippen LogP contribution in [0.4, 0.5) is 5.69 Å². The second kappa shape index (κ2) is 6.88. The molecular formula is C15H9Cl4NO2. The van der Waals surface area contributed by atoms with Crippen molar-refractivity contribution in [3.05, 3.63) is 64.7 Å². The summed E-state index contributed by atoms with van der Waals surface area (Å²) in [6, 6.07) is 13.2. The second-order valence-electron chi connectivity index (χ2n) is 4.31. The number of carbonyl (C=O) groups is 2. The normalized spacial score (nSPS) is 11.1. The first-order chi connectivity index (χ1) is 10.3. The van der Waals surface area contributed by atoms with Crippen molar-refractivity contribution in [2.24, 2.45) is 0 Å². The van der Waals surface area contributed by atoms with Gasteiger partial charge in [-0.05, 0) is 12.1 Å². The van der Waals surface area contributed by atoms with Crippen LogP contribution in [0.1, 0.15) is 15.9 Å². The number of hydrogen-bond donors (Lipinski definition) is 1. The number of halogens is 4. The summed E-state index contributed by atoms with van der Waals surface area (Å²) in [5, 5.41) is 2.55. The molecule has 3 nitrogen and oxygen atoms in total. The summed E-state index contributed by atoms with van der Waals surface area (Å²) >= 11 is 22.6. The Kier molecular flexibility index (Phi) is 5.35. The molecule has 0 aromatic heterocycles. The van der Waals surface area contributed by atoms with Gasteiger partial charge in [0.05, 0.1) is 10.7 Å². The van der Waals surface area contributed by atoms with E-state index in [9.17, 15) is 9.59 Å². The molecule has 0 atom stereocenters. The lowest BCUT2D eigenvalue weighted by atomic mass is 10.0. The van der Waals surface area contributed by atoms with Crippen molar-refractivity contribution in [1.29, 1.82) is 0 Å². The minimum absolute atomic E-state index is 0.106. The standard InChI is InChI=1S/C15H9Cl4NO2/c16-11-8-4-7-10(12(11)20-14(22)15(17,18)19)13(21)9-5-2-1-3-6-9/h1-8H,(H,20,22). The Morgan fingerprint density at radius 2 is 1.55 bits per heavy atom. The molecule has 2 rings (SSSR count). The summed E-state index contributed by atoms with van der Waals surface area (Å²) in [6.45, 7) is 0. The molecule has 0 saturated heterocycles. The molecule has 0 spiro atoms. The predicted molar refractivity (Wildman–Crippen MR) is 90.2 cm³/mol. The highest BCUT2D eigenvalue weighted by Crippen LogP contribution is 2.32. The molecular weight excluding hydrogens is 368 g/mol. The van der Waals surface area contributed by atoms with Gasteiger partial charge in [0.1, 0.15) is 0 Å². The van der Waals surface area contributed by atoms with Crippen LogP contribution in [-0.2, 0) is 4.79 Å². The number of anilines is 1. The average Bonchev–Trinajstić information content (AvgIpc) is 2.48. The first-order valence-corrected chi connectivity index (χ1v) is 7.58. The van der Waals surface area contributed by atoms with Crippen LogP contribution in [0.3, 0.4) is 0 Å². The molecule has 0 fully saturated rings. The third kappa shape index (κ3) is 3.93. The van der Waals surface area contributed by atoms with Crippen molar-refractivity contribution in [3.63, 3.8) is 0 Å². The van der Waals surface area contributed by atoms with Crippen LogP contribution in [0.5, 0.6) is 0 Å². The fraction of sp³-hybridized carbons (Fsp3) is 0.0667. The number of carbonyl (C=O) groups excluding carboxylic acids is 2. The highest BCUT2D eigenvalue weighted by atomic mass is 35.6. The minimum Gasteiger partial charge on any atom is -0.320 e. The van der Waals surface area contributed by atoms with Crippen LogP contribution in [0.15, 0.2) is 48.5 Å². The number of ketones is 1. The van der Waals surface area contributed by atoms with Crippen molar-refractivity contribution in [2.75, 3.05) is 5.32 Å². The van der Waals surface area contributed by atoms with Gasteiger partial charge < -0.3 is 5.32 Å². The molecule has 0 bridgehead atoms. The van der Waals surface area contributed by atoms with Crippen LogP contribution in [0, 0.1) is 0 Å². The molecule has 1 amide bonds. The lowest BCUT2D eigenvalue weighted by Crippen LogP contribution is -2.28. The van der Waals surface area contributed by atoms with Gasteiger partial charge in [-0.1, -0.05) is 82.8 Å². The molecule has 0 saturated carbocycles. The van der Waals surface area contributed by atoms with E-state index in [1.54, 1.807) is 36.4 Å². The summed E-state index contributed by atoms with van der Waals surface area (Å²) in [5.41, 5.74) is 0.768. The van der Waals surface area contributed by atoms with Crippen molar-refractivity contribution in [1.82, 2.24) is 0 Å². The van der Waals surface area contributed by atoms with E-state index in [0.717, 1.165) is 0 Å². The number of alkyl halides is 3. The van der Waals surface area contributed by atoms with Gasteiger partial charge in [-0.25, -0.2) is 0 Å². The smallest absolute Gasteiger partial charge is 0.276 e. The zero-order chi connectivity index (χ0) is 16.3. The first kappa shape index (κ1) is 17.1. The van der Waals surface area contributed by atoms with Crippen LogP contribution < -0.4 is 5.32 Å². The highest BCUT2D eigenvalue weighted by molar-refractivity contribution is 6.76. The van der Waals surface area contributed by atoms with E-state index in [-0.39, 0.29) is 22.1 Å². The lowest BCUT2D eigenvalue weighted by Gasteiger charge is -2.15. The first-order valence-electron chi connectivity index (χ1n) is 6.07. The molecule has 7 heteroatoms. The fourth-order valence-electron chi connectivity index (χ4n) is 1.77. The Morgan fingerprint density at radius 1 is 0.909 bits per heavy atom. The zero-order valence-electron chi connectivity index (χ0n) is 10.9.